The van der Waals surface area contributed by atoms with Gasteiger partial charge in [-0.2, -0.15) is 8.42 Å². The van der Waals surface area contributed by atoms with Gasteiger partial charge in [-0.3, -0.25) is 13.8 Å². The molecule has 2 aromatic carbocycles. The van der Waals surface area contributed by atoms with Gasteiger partial charge in [0, 0.05) is 24.8 Å². The van der Waals surface area contributed by atoms with E-state index >= 15 is 0 Å². The van der Waals surface area contributed by atoms with Gasteiger partial charge in [0.1, 0.15) is 24.4 Å². The Labute approximate surface area is 192 Å². The van der Waals surface area contributed by atoms with Crippen molar-refractivity contribution in [2.75, 3.05) is 19.9 Å². The molecule has 3 rings (SSSR count). The van der Waals surface area contributed by atoms with Crippen molar-refractivity contribution in [3.05, 3.63) is 71.8 Å². The Bertz CT molecular complexity index is 1050. The van der Waals surface area contributed by atoms with Crippen LogP contribution in [0, 0.1) is 0 Å². The van der Waals surface area contributed by atoms with Gasteiger partial charge in [-0.05, 0) is 24.3 Å². The van der Waals surface area contributed by atoms with Crippen molar-refractivity contribution >= 4 is 21.9 Å². The topological polar surface area (TPSA) is 140 Å². The Morgan fingerprint density at radius 2 is 1.58 bits per heavy atom. The van der Waals surface area contributed by atoms with Crippen LogP contribution in [0.4, 0.5) is 0 Å². The fourth-order valence-electron chi connectivity index (χ4n) is 3.56. The average molecular weight is 479 g/mol. The molecule has 5 atom stereocenters. The van der Waals surface area contributed by atoms with E-state index in [1.54, 1.807) is 60.7 Å². The lowest BCUT2D eigenvalue weighted by molar-refractivity contribution is -0.127. The van der Waals surface area contributed by atoms with Crippen molar-refractivity contribution in [1.82, 2.24) is 10.6 Å². The number of aliphatic hydroxyl groups excluding tert-OH is 1. The maximum atomic E-state index is 12.6. The maximum Gasteiger partial charge on any atom is 0.264 e. The van der Waals surface area contributed by atoms with Gasteiger partial charge >= 0.3 is 0 Å². The number of aliphatic hydroxyl groups is 1. The molecule has 178 valence electrons. The first-order valence-corrected chi connectivity index (χ1v) is 11.9. The molecule has 10 nitrogen and oxygen atoms in total. The van der Waals surface area contributed by atoms with Crippen LogP contribution in [0.25, 0.3) is 0 Å². The van der Waals surface area contributed by atoms with E-state index in [2.05, 4.69) is 10.6 Å². The lowest BCUT2D eigenvalue weighted by Gasteiger charge is -2.27. The standard InChI is InChI=1S/C22H26N2O8S/c1-30-19-17(24-21(26)15-11-7-4-8-12-15)22(27)31-18(19)16(32-33(2,28)29)13-23-20(25)14-9-5-3-6-10-14/h3-12,16-19,22,27H,13H2,1-2H3,(H,23,25)(H,24,26)/t16-,17-,18+,19-,22+/m0/s1. The Hall–Kier alpha value is -2.83. The molecule has 0 unspecified atom stereocenters. The van der Waals surface area contributed by atoms with Gasteiger partial charge in [-0.1, -0.05) is 36.4 Å². The summed E-state index contributed by atoms with van der Waals surface area (Å²) in [6, 6.07) is 15.7. The SMILES string of the molecule is CO[C@H]1[C@H](NC(=O)c2ccccc2)[C@H](O)O[C@@H]1[C@H](CNC(=O)c1ccccc1)OS(C)(=O)=O. The van der Waals surface area contributed by atoms with Crippen molar-refractivity contribution in [3.63, 3.8) is 0 Å². The molecule has 0 aromatic heterocycles. The summed E-state index contributed by atoms with van der Waals surface area (Å²) in [5.41, 5.74) is 0.737. The molecule has 1 aliphatic heterocycles. The van der Waals surface area contributed by atoms with Crippen LogP contribution in [0.2, 0.25) is 0 Å². The van der Waals surface area contributed by atoms with E-state index in [0.29, 0.717) is 11.1 Å². The number of amides is 2. The summed E-state index contributed by atoms with van der Waals surface area (Å²) in [7, 11) is -2.63. The number of ether oxygens (including phenoxy) is 2. The lowest BCUT2D eigenvalue weighted by Crippen LogP contribution is -2.52. The fourth-order valence-corrected chi connectivity index (χ4v) is 4.19. The Morgan fingerprint density at radius 3 is 2.09 bits per heavy atom. The smallest absolute Gasteiger partial charge is 0.264 e. The van der Waals surface area contributed by atoms with Crippen LogP contribution in [0.3, 0.4) is 0 Å². The quantitative estimate of drug-likeness (QED) is 0.437. The van der Waals surface area contributed by atoms with Gasteiger partial charge in [0.15, 0.2) is 6.29 Å². The minimum Gasteiger partial charge on any atom is -0.376 e. The minimum atomic E-state index is -3.96. The van der Waals surface area contributed by atoms with Gasteiger partial charge < -0.3 is 25.2 Å². The van der Waals surface area contributed by atoms with E-state index in [1.807, 2.05) is 0 Å². The number of nitrogens with one attached hydrogen (secondary N) is 2. The van der Waals surface area contributed by atoms with E-state index < -0.39 is 52.6 Å². The fraction of sp³-hybridized carbons (Fsp3) is 0.364. The first kappa shape index (κ1) is 24.8. The summed E-state index contributed by atoms with van der Waals surface area (Å²) in [6.07, 6.45) is -3.94. The van der Waals surface area contributed by atoms with Gasteiger partial charge in [0.25, 0.3) is 21.9 Å². The molecule has 2 aromatic rings. The highest BCUT2D eigenvalue weighted by Gasteiger charge is 2.49. The molecule has 11 heteroatoms. The van der Waals surface area contributed by atoms with E-state index in [1.165, 1.54) is 7.11 Å². The van der Waals surface area contributed by atoms with Crippen LogP contribution in [0.5, 0.6) is 0 Å². The van der Waals surface area contributed by atoms with Crippen LogP contribution >= 0.6 is 0 Å². The first-order valence-electron chi connectivity index (χ1n) is 10.1. The summed E-state index contributed by atoms with van der Waals surface area (Å²) in [6.45, 7) is -0.253. The lowest BCUT2D eigenvalue weighted by atomic mass is 10.0. The summed E-state index contributed by atoms with van der Waals surface area (Å²) >= 11 is 0. The average Bonchev–Trinajstić information content (AvgIpc) is 3.11. The third kappa shape index (κ3) is 6.59. The van der Waals surface area contributed by atoms with E-state index in [4.69, 9.17) is 13.7 Å². The number of benzene rings is 2. The molecule has 1 aliphatic rings. The first-order chi connectivity index (χ1) is 15.7. The molecule has 0 radical (unpaired) electrons. The molecule has 1 fully saturated rings. The number of methoxy groups -OCH3 is 1. The van der Waals surface area contributed by atoms with Crippen molar-refractivity contribution in [2.24, 2.45) is 0 Å². The number of rotatable bonds is 9. The number of hydrogen-bond donors (Lipinski definition) is 3. The van der Waals surface area contributed by atoms with Crippen molar-refractivity contribution in [2.45, 2.75) is 30.6 Å². The zero-order valence-corrected chi connectivity index (χ0v) is 18.9. The molecule has 0 aliphatic carbocycles. The molecular formula is C22H26N2O8S. The van der Waals surface area contributed by atoms with Crippen LogP contribution in [-0.2, 0) is 23.8 Å². The molecule has 1 heterocycles. The number of hydrogen-bond acceptors (Lipinski definition) is 8. The molecule has 0 saturated carbocycles. The second-order valence-electron chi connectivity index (χ2n) is 7.47. The predicted molar refractivity (Wildman–Crippen MR) is 118 cm³/mol. The molecule has 3 N–H and O–H groups in total. The summed E-state index contributed by atoms with van der Waals surface area (Å²) in [5.74, 6) is -0.914. The molecular weight excluding hydrogens is 452 g/mol. The highest BCUT2D eigenvalue weighted by molar-refractivity contribution is 7.86. The van der Waals surface area contributed by atoms with E-state index in [-0.39, 0.29) is 6.54 Å². The predicted octanol–water partition coefficient (Wildman–Crippen LogP) is 0.292. The number of carbonyl (C=O) groups is 2. The van der Waals surface area contributed by atoms with Gasteiger partial charge in [-0.15, -0.1) is 0 Å². The van der Waals surface area contributed by atoms with Crippen molar-refractivity contribution in [3.8, 4) is 0 Å². The third-order valence-electron chi connectivity index (χ3n) is 5.05. The summed E-state index contributed by atoms with van der Waals surface area (Å²) < 4.78 is 39.9. The van der Waals surface area contributed by atoms with Gasteiger partial charge in [-0.25, -0.2) is 0 Å². The Balaban J connectivity index is 1.76. The highest BCUT2D eigenvalue weighted by Crippen LogP contribution is 2.27. The van der Waals surface area contributed by atoms with Gasteiger partial charge in [0.05, 0.1) is 6.26 Å². The zero-order valence-electron chi connectivity index (χ0n) is 18.1. The maximum absolute atomic E-state index is 12.6. The second kappa shape index (κ2) is 10.9. The normalized spacial score (nSPS) is 23.6. The minimum absolute atomic E-state index is 0.253. The highest BCUT2D eigenvalue weighted by atomic mass is 32.2. The largest absolute Gasteiger partial charge is 0.376 e. The number of carbonyl (C=O) groups excluding carboxylic acids is 2. The Morgan fingerprint density at radius 1 is 1.03 bits per heavy atom. The second-order valence-corrected chi connectivity index (χ2v) is 9.07. The third-order valence-corrected chi connectivity index (χ3v) is 5.65. The van der Waals surface area contributed by atoms with E-state index in [0.717, 1.165) is 6.26 Å². The van der Waals surface area contributed by atoms with Crippen LogP contribution in [0.15, 0.2) is 60.7 Å². The Kier molecular flexibility index (Phi) is 8.16. The van der Waals surface area contributed by atoms with Crippen molar-refractivity contribution in [1.29, 1.82) is 0 Å². The van der Waals surface area contributed by atoms with E-state index in [9.17, 15) is 23.1 Å². The van der Waals surface area contributed by atoms with Crippen LogP contribution in [0.1, 0.15) is 20.7 Å². The molecule has 0 spiro atoms. The zero-order chi connectivity index (χ0) is 24.0. The summed E-state index contributed by atoms with van der Waals surface area (Å²) in [5, 5.41) is 15.7. The summed E-state index contributed by atoms with van der Waals surface area (Å²) in [4.78, 5) is 25.0. The molecule has 0 bridgehead atoms. The monoisotopic (exact) mass is 478 g/mol. The van der Waals surface area contributed by atoms with Crippen LogP contribution in [-0.4, -0.2) is 75.9 Å². The van der Waals surface area contributed by atoms with Crippen LogP contribution < -0.4 is 10.6 Å². The molecule has 2 amide bonds. The van der Waals surface area contributed by atoms with Crippen molar-refractivity contribution < 1.29 is 36.8 Å². The molecule has 1 saturated heterocycles. The van der Waals surface area contributed by atoms with Gasteiger partial charge in [0.2, 0.25) is 0 Å². The molecule has 33 heavy (non-hydrogen) atoms.